The van der Waals surface area contributed by atoms with Gasteiger partial charge in [0.15, 0.2) is 0 Å². The van der Waals surface area contributed by atoms with Crippen LogP contribution in [0.4, 0.5) is 0 Å². The monoisotopic (exact) mass is 296 g/mol. The molecule has 0 unspecified atom stereocenters. The summed E-state index contributed by atoms with van der Waals surface area (Å²) in [6, 6.07) is 7.69. The van der Waals surface area contributed by atoms with E-state index < -0.39 is 0 Å². The second-order valence-corrected chi connectivity index (χ2v) is 5.96. The highest BCUT2D eigenvalue weighted by Gasteiger charge is 2.21. The first-order valence-corrected chi connectivity index (χ1v) is 7.07. The van der Waals surface area contributed by atoms with Gasteiger partial charge in [0.05, 0.1) is 13.1 Å². The van der Waals surface area contributed by atoms with Crippen LogP contribution in [0.15, 0.2) is 28.7 Å². The predicted octanol–water partition coefficient (Wildman–Crippen LogP) is 1.95. The number of quaternary nitrogens is 1. The number of carbonyl (C=O) groups excluding carboxylic acids is 1. The van der Waals surface area contributed by atoms with Gasteiger partial charge >= 0.3 is 0 Å². The molecule has 1 aliphatic rings. The van der Waals surface area contributed by atoms with Crippen molar-refractivity contribution >= 4 is 21.7 Å². The van der Waals surface area contributed by atoms with Crippen LogP contribution in [-0.4, -0.2) is 25.4 Å². The minimum Gasteiger partial charge on any atom is -0.328 e. The molecule has 1 N–H and O–H groups in total. The van der Waals surface area contributed by atoms with E-state index in [9.17, 15) is 4.79 Å². The smallest absolute Gasteiger partial charge is 0.216 e. The summed E-state index contributed by atoms with van der Waals surface area (Å²) in [5, 5.41) is 0. The summed E-state index contributed by atoms with van der Waals surface area (Å²) < 4.78 is 0.977. The average molecular weight is 297 g/mol. The van der Waals surface area contributed by atoms with Crippen molar-refractivity contribution in [2.75, 3.05) is 19.6 Å². The van der Waals surface area contributed by atoms with Crippen LogP contribution in [0, 0.1) is 5.92 Å². The maximum atomic E-state index is 12.1. The number of Topliss-reactive ketones (excluding diaryl/α,β-unsaturated/α-hetero) is 1. The fraction of sp³-hybridized carbons (Fsp3) is 0.500. The number of rotatable bonds is 3. The van der Waals surface area contributed by atoms with Crippen LogP contribution in [0.25, 0.3) is 0 Å². The van der Waals surface area contributed by atoms with Gasteiger partial charge in [0, 0.05) is 10.0 Å². The lowest BCUT2D eigenvalue weighted by molar-refractivity contribution is -0.897. The third-order valence-electron chi connectivity index (χ3n) is 3.54. The molecule has 0 bridgehead atoms. The number of hydrogen-bond acceptors (Lipinski definition) is 1. The summed E-state index contributed by atoms with van der Waals surface area (Å²) >= 11 is 3.40. The zero-order chi connectivity index (χ0) is 12.3. The average Bonchev–Trinajstić information content (AvgIpc) is 2.32. The lowest BCUT2D eigenvalue weighted by Gasteiger charge is -2.26. The Bertz CT molecular complexity index is 397. The summed E-state index contributed by atoms with van der Waals surface area (Å²) in [6.45, 7) is 5.22. The first-order valence-electron chi connectivity index (χ1n) is 6.27. The van der Waals surface area contributed by atoms with Crippen molar-refractivity contribution in [3.8, 4) is 0 Å². The number of likely N-dealkylation sites (tertiary alicyclic amines) is 1. The Morgan fingerprint density at radius 1 is 1.41 bits per heavy atom. The lowest BCUT2D eigenvalue weighted by Crippen LogP contribution is -3.13. The molecule has 1 fully saturated rings. The molecule has 1 saturated heterocycles. The van der Waals surface area contributed by atoms with Gasteiger partial charge in [-0.3, -0.25) is 4.79 Å². The first kappa shape index (κ1) is 12.8. The number of carbonyl (C=O) groups is 1. The third kappa shape index (κ3) is 3.65. The highest BCUT2D eigenvalue weighted by atomic mass is 79.9. The Labute approximate surface area is 111 Å². The van der Waals surface area contributed by atoms with Crippen molar-refractivity contribution < 1.29 is 9.69 Å². The summed E-state index contributed by atoms with van der Waals surface area (Å²) in [5.74, 6) is 1.09. The molecule has 0 atom stereocenters. The van der Waals surface area contributed by atoms with Crippen LogP contribution in [0.2, 0.25) is 0 Å². The van der Waals surface area contributed by atoms with Gasteiger partial charge < -0.3 is 4.90 Å². The Morgan fingerprint density at radius 2 is 2.12 bits per heavy atom. The fourth-order valence-electron chi connectivity index (χ4n) is 2.34. The Kier molecular flexibility index (Phi) is 4.35. The molecule has 1 aromatic carbocycles. The summed E-state index contributed by atoms with van der Waals surface area (Å²) in [5.41, 5.74) is 0.825. The van der Waals surface area contributed by atoms with Crippen LogP contribution >= 0.6 is 15.9 Å². The molecule has 0 spiro atoms. The van der Waals surface area contributed by atoms with E-state index in [0.29, 0.717) is 6.54 Å². The third-order valence-corrected chi connectivity index (χ3v) is 4.03. The molecule has 0 aromatic heterocycles. The quantitative estimate of drug-likeness (QED) is 0.846. The lowest BCUT2D eigenvalue weighted by atomic mass is 9.99. The van der Waals surface area contributed by atoms with Crippen molar-refractivity contribution in [3.63, 3.8) is 0 Å². The van der Waals surface area contributed by atoms with E-state index in [2.05, 4.69) is 22.9 Å². The predicted molar refractivity (Wildman–Crippen MR) is 72.4 cm³/mol. The highest BCUT2D eigenvalue weighted by molar-refractivity contribution is 9.10. The Morgan fingerprint density at radius 3 is 2.76 bits per heavy atom. The van der Waals surface area contributed by atoms with Crippen molar-refractivity contribution in [2.24, 2.45) is 5.92 Å². The number of ketones is 1. The SMILES string of the molecule is CC1CC[NH+](CC(=O)c2cccc(Br)c2)CC1. The minimum absolute atomic E-state index is 0.260. The molecule has 2 nitrogen and oxygen atoms in total. The molecule has 1 aromatic rings. The molecule has 3 heteroatoms. The number of piperidine rings is 1. The van der Waals surface area contributed by atoms with Gasteiger partial charge in [-0.05, 0) is 30.9 Å². The zero-order valence-corrected chi connectivity index (χ0v) is 11.8. The van der Waals surface area contributed by atoms with E-state index in [-0.39, 0.29) is 5.78 Å². The molecule has 17 heavy (non-hydrogen) atoms. The number of benzene rings is 1. The van der Waals surface area contributed by atoms with Crippen LogP contribution in [0.3, 0.4) is 0 Å². The Balaban J connectivity index is 1.93. The van der Waals surface area contributed by atoms with Gasteiger partial charge in [-0.25, -0.2) is 0 Å². The minimum atomic E-state index is 0.260. The summed E-state index contributed by atoms with van der Waals surface area (Å²) in [6.07, 6.45) is 2.50. The van der Waals surface area contributed by atoms with Gasteiger partial charge in [0.2, 0.25) is 5.78 Å². The van der Waals surface area contributed by atoms with E-state index in [4.69, 9.17) is 0 Å². The van der Waals surface area contributed by atoms with Gasteiger partial charge in [0.1, 0.15) is 6.54 Å². The highest BCUT2D eigenvalue weighted by Crippen LogP contribution is 2.12. The van der Waals surface area contributed by atoms with E-state index in [1.807, 2.05) is 24.3 Å². The second-order valence-electron chi connectivity index (χ2n) is 5.04. The molecule has 0 radical (unpaired) electrons. The van der Waals surface area contributed by atoms with Gasteiger partial charge in [-0.1, -0.05) is 35.0 Å². The summed E-state index contributed by atoms with van der Waals surface area (Å²) in [7, 11) is 0. The molecule has 0 aliphatic carbocycles. The van der Waals surface area contributed by atoms with Crippen molar-refractivity contribution in [1.29, 1.82) is 0 Å². The Hall–Kier alpha value is -0.670. The standard InChI is InChI=1S/C14H18BrNO/c1-11-5-7-16(8-6-11)10-14(17)12-3-2-4-13(15)9-12/h2-4,9,11H,5-8,10H2,1H3/p+1. The molecule has 92 valence electrons. The normalized spacial score (nSPS) is 24.6. The van der Waals surface area contributed by atoms with Crippen molar-refractivity contribution in [3.05, 3.63) is 34.3 Å². The molecular weight excluding hydrogens is 278 g/mol. The second kappa shape index (κ2) is 5.78. The van der Waals surface area contributed by atoms with E-state index in [1.165, 1.54) is 17.7 Å². The van der Waals surface area contributed by atoms with Crippen LogP contribution in [-0.2, 0) is 0 Å². The van der Waals surface area contributed by atoms with Gasteiger partial charge in [-0.15, -0.1) is 0 Å². The molecule has 0 amide bonds. The van der Waals surface area contributed by atoms with Crippen LogP contribution in [0.5, 0.6) is 0 Å². The largest absolute Gasteiger partial charge is 0.328 e. The van der Waals surface area contributed by atoms with Crippen LogP contribution < -0.4 is 4.90 Å². The molecule has 1 aliphatic heterocycles. The molecule has 1 heterocycles. The number of hydrogen-bond donors (Lipinski definition) is 1. The van der Waals surface area contributed by atoms with Crippen LogP contribution in [0.1, 0.15) is 30.1 Å². The van der Waals surface area contributed by atoms with Crippen molar-refractivity contribution in [2.45, 2.75) is 19.8 Å². The maximum Gasteiger partial charge on any atom is 0.216 e. The molecular formula is C14H19BrNO+. The zero-order valence-electron chi connectivity index (χ0n) is 10.2. The molecule has 0 saturated carbocycles. The molecule has 2 rings (SSSR count). The van der Waals surface area contributed by atoms with E-state index in [1.54, 1.807) is 0 Å². The topological polar surface area (TPSA) is 21.5 Å². The van der Waals surface area contributed by atoms with Gasteiger partial charge in [0.25, 0.3) is 0 Å². The summed E-state index contributed by atoms with van der Waals surface area (Å²) in [4.78, 5) is 13.5. The number of nitrogens with one attached hydrogen (secondary N) is 1. The van der Waals surface area contributed by atoms with E-state index >= 15 is 0 Å². The number of halogens is 1. The first-order chi connectivity index (χ1) is 8.15. The van der Waals surface area contributed by atoms with Gasteiger partial charge in [-0.2, -0.15) is 0 Å². The van der Waals surface area contributed by atoms with Crippen molar-refractivity contribution in [1.82, 2.24) is 0 Å². The van der Waals surface area contributed by atoms with E-state index in [0.717, 1.165) is 29.0 Å². The fourth-order valence-corrected chi connectivity index (χ4v) is 2.74. The maximum absolute atomic E-state index is 12.1.